The van der Waals surface area contributed by atoms with Gasteiger partial charge in [-0.15, -0.1) is 0 Å². The molecule has 8 nitrogen and oxygen atoms in total. The highest BCUT2D eigenvalue weighted by molar-refractivity contribution is 8.14. The molecule has 0 bridgehead atoms. The molecule has 136 valence electrons. The number of rotatable bonds is 4. The summed E-state index contributed by atoms with van der Waals surface area (Å²) in [5.74, 6) is -1.03. The van der Waals surface area contributed by atoms with Crippen LogP contribution < -0.4 is 16.8 Å². The fourth-order valence-corrected chi connectivity index (χ4v) is 4.56. The molecule has 0 spiro atoms. The van der Waals surface area contributed by atoms with Crippen molar-refractivity contribution in [1.82, 2.24) is 5.32 Å². The molecule has 25 heavy (non-hydrogen) atoms. The third kappa shape index (κ3) is 4.95. The summed E-state index contributed by atoms with van der Waals surface area (Å²) in [6, 6.07) is 3.03. The Balaban J connectivity index is 2.57. The van der Waals surface area contributed by atoms with Gasteiger partial charge in [-0.3, -0.25) is 9.79 Å². The Morgan fingerprint density at radius 3 is 2.64 bits per heavy atom. The Kier molecular flexibility index (Phi) is 6.07. The number of thioether (sulfide) groups is 1. The van der Waals surface area contributed by atoms with E-state index in [1.165, 1.54) is 17.8 Å². The summed E-state index contributed by atoms with van der Waals surface area (Å²) in [4.78, 5) is 20.7. The number of carbonyl (C=O) groups excluding carboxylic acids is 1. The standard InChI is InChI=1S/C15H21N5O3S2/c1-3-9-7-11(24-15-18-5-4-6-19-15)12(25(2,22)23)8-10(9)13(21)20-14(16)17/h7-8H,3-6H2,1-2H3,(H,18,19)(H4,16,17,20,21). The molecule has 0 atom stereocenters. The molecule has 1 aliphatic rings. The van der Waals surface area contributed by atoms with Gasteiger partial charge in [-0.05, 0) is 30.5 Å². The van der Waals surface area contributed by atoms with Crippen molar-refractivity contribution in [2.75, 3.05) is 19.3 Å². The first kappa shape index (κ1) is 19.3. The molecule has 5 N–H and O–H groups in total. The molecule has 2 rings (SSSR count). The second-order valence-electron chi connectivity index (χ2n) is 5.49. The molecule has 0 aromatic heterocycles. The van der Waals surface area contributed by atoms with Crippen LogP contribution in [0.4, 0.5) is 0 Å². The predicted octanol–water partition coefficient (Wildman–Crippen LogP) is 0.508. The quantitative estimate of drug-likeness (QED) is 0.508. The van der Waals surface area contributed by atoms with Gasteiger partial charge in [0.2, 0.25) is 0 Å². The van der Waals surface area contributed by atoms with E-state index in [0.29, 0.717) is 28.6 Å². The molecular formula is C15H21N5O3S2. The Morgan fingerprint density at radius 2 is 2.12 bits per heavy atom. The Bertz CT molecular complexity index is 843. The van der Waals surface area contributed by atoms with Crippen molar-refractivity contribution in [1.29, 1.82) is 0 Å². The zero-order valence-electron chi connectivity index (χ0n) is 14.1. The highest BCUT2D eigenvalue weighted by atomic mass is 32.2. The smallest absolute Gasteiger partial charge is 0.280 e. The third-order valence-corrected chi connectivity index (χ3v) is 5.77. The predicted molar refractivity (Wildman–Crippen MR) is 99.8 cm³/mol. The van der Waals surface area contributed by atoms with E-state index in [1.54, 1.807) is 6.07 Å². The van der Waals surface area contributed by atoms with E-state index in [4.69, 9.17) is 11.5 Å². The van der Waals surface area contributed by atoms with Gasteiger partial charge in [0.1, 0.15) is 0 Å². The van der Waals surface area contributed by atoms with Gasteiger partial charge in [0, 0.05) is 29.8 Å². The first-order valence-corrected chi connectivity index (χ1v) is 10.4. The maximum atomic E-state index is 12.2. The highest BCUT2D eigenvalue weighted by Gasteiger charge is 2.22. The zero-order valence-corrected chi connectivity index (χ0v) is 15.7. The van der Waals surface area contributed by atoms with Crippen molar-refractivity contribution in [3.8, 4) is 0 Å². The number of amidine groups is 1. The number of aryl methyl sites for hydroxylation is 1. The third-order valence-electron chi connectivity index (χ3n) is 3.48. The molecule has 0 aliphatic carbocycles. The fraction of sp³-hybridized carbons (Fsp3) is 0.400. The lowest BCUT2D eigenvalue weighted by Crippen LogP contribution is -2.27. The first-order chi connectivity index (χ1) is 11.7. The number of guanidine groups is 1. The second-order valence-corrected chi connectivity index (χ2v) is 8.51. The van der Waals surface area contributed by atoms with Crippen LogP contribution in [0.2, 0.25) is 0 Å². The summed E-state index contributed by atoms with van der Waals surface area (Å²) in [6.45, 7) is 3.36. The zero-order chi connectivity index (χ0) is 18.6. The molecule has 1 aliphatic heterocycles. The van der Waals surface area contributed by atoms with Crippen LogP contribution in [0.1, 0.15) is 29.3 Å². The van der Waals surface area contributed by atoms with Crippen molar-refractivity contribution in [2.45, 2.75) is 29.6 Å². The Hall–Kier alpha value is -2.07. The van der Waals surface area contributed by atoms with E-state index in [9.17, 15) is 13.2 Å². The number of nitrogens with one attached hydrogen (secondary N) is 1. The molecule has 0 fully saturated rings. The van der Waals surface area contributed by atoms with Crippen LogP contribution in [0.15, 0.2) is 31.9 Å². The van der Waals surface area contributed by atoms with Crippen LogP contribution in [-0.4, -0.2) is 44.8 Å². The summed E-state index contributed by atoms with van der Waals surface area (Å²) >= 11 is 1.25. The highest BCUT2D eigenvalue weighted by Crippen LogP contribution is 2.31. The van der Waals surface area contributed by atoms with Crippen molar-refractivity contribution in [3.05, 3.63) is 23.3 Å². The van der Waals surface area contributed by atoms with Gasteiger partial charge in [0.25, 0.3) is 5.91 Å². The summed E-state index contributed by atoms with van der Waals surface area (Å²) < 4.78 is 24.4. The van der Waals surface area contributed by atoms with Crippen molar-refractivity contribution in [3.63, 3.8) is 0 Å². The second kappa shape index (κ2) is 7.87. The summed E-state index contributed by atoms with van der Waals surface area (Å²) in [7, 11) is -3.56. The molecule has 10 heteroatoms. The van der Waals surface area contributed by atoms with Gasteiger partial charge in [-0.1, -0.05) is 18.7 Å². The number of hydrogen-bond acceptors (Lipinski definition) is 6. The molecule has 1 heterocycles. The monoisotopic (exact) mass is 383 g/mol. The maximum absolute atomic E-state index is 12.2. The average molecular weight is 383 g/mol. The molecular weight excluding hydrogens is 362 g/mol. The van der Waals surface area contributed by atoms with Gasteiger partial charge >= 0.3 is 0 Å². The first-order valence-electron chi connectivity index (χ1n) is 7.69. The minimum absolute atomic E-state index is 0.0546. The van der Waals surface area contributed by atoms with E-state index >= 15 is 0 Å². The molecule has 0 unspecified atom stereocenters. The van der Waals surface area contributed by atoms with Crippen molar-refractivity contribution in [2.24, 2.45) is 21.5 Å². The maximum Gasteiger partial charge on any atom is 0.280 e. The minimum Gasteiger partial charge on any atom is -0.370 e. The van der Waals surface area contributed by atoms with Gasteiger partial charge in [-0.2, -0.15) is 4.99 Å². The van der Waals surface area contributed by atoms with E-state index in [0.717, 1.165) is 19.2 Å². The number of nitrogens with two attached hydrogens (primary N) is 2. The number of amides is 1. The van der Waals surface area contributed by atoms with Crippen LogP contribution in [-0.2, 0) is 16.3 Å². The van der Waals surface area contributed by atoms with Crippen LogP contribution in [0.3, 0.4) is 0 Å². The minimum atomic E-state index is -3.56. The Morgan fingerprint density at radius 1 is 1.40 bits per heavy atom. The van der Waals surface area contributed by atoms with E-state index in [1.807, 2.05) is 6.92 Å². The lowest BCUT2D eigenvalue weighted by atomic mass is 10.0. The largest absolute Gasteiger partial charge is 0.370 e. The van der Waals surface area contributed by atoms with Gasteiger partial charge in [0.15, 0.2) is 21.0 Å². The van der Waals surface area contributed by atoms with Crippen LogP contribution >= 0.6 is 11.8 Å². The molecule has 1 aromatic rings. The fourth-order valence-electron chi connectivity index (χ4n) is 2.32. The van der Waals surface area contributed by atoms with Gasteiger partial charge in [-0.25, -0.2) is 8.42 Å². The molecule has 0 saturated carbocycles. The number of hydrogen-bond donors (Lipinski definition) is 3. The lowest BCUT2D eigenvalue weighted by molar-refractivity contribution is 0.100. The summed E-state index contributed by atoms with van der Waals surface area (Å²) in [5.41, 5.74) is 11.4. The summed E-state index contributed by atoms with van der Waals surface area (Å²) in [5, 5.41) is 3.81. The number of benzene rings is 1. The van der Waals surface area contributed by atoms with E-state index in [-0.39, 0.29) is 16.4 Å². The van der Waals surface area contributed by atoms with Crippen LogP contribution in [0, 0.1) is 0 Å². The Labute approximate surface area is 151 Å². The van der Waals surface area contributed by atoms with Crippen LogP contribution in [0.5, 0.6) is 0 Å². The SMILES string of the molecule is CCc1cc(SC2=NCCCN2)c(S(C)(=O)=O)cc1C(=O)N=C(N)N. The van der Waals surface area contributed by atoms with Gasteiger partial charge in [0.05, 0.1) is 4.90 Å². The molecule has 0 radical (unpaired) electrons. The van der Waals surface area contributed by atoms with Crippen molar-refractivity contribution >= 4 is 38.6 Å². The van der Waals surface area contributed by atoms with Crippen molar-refractivity contribution < 1.29 is 13.2 Å². The van der Waals surface area contributed by atoms with E-state index in [2.05, 4.69) is 15.3 Å². The van der Waals surface area contributed by atoms with E-state index < -0.39 is 15.7 Å². The molecule has 1 amide bonds. The molecule has 1 aromatic carbocycles. The average Bonchev–Trinajstić information content (AvgIpc) is 2.53. The molecule has 0 saturated heterocycles. The summed E-state index contributed by atoms with van der Waals surface area (Å²) in [6.07, 6.45) is 2.57. The normalized spacial score (nSPS) is 14.4. The number of carbonyl (C=O) groups is 1. The van der Waals surface area contributed by atoms with Gasteiger partial charge < -0.3 is 16.8 Å². The number of nitrogens with zero attached hydrogens (tertiary/aromatic N) is 2. The topological polar surface area (TPSA) is 140 Å². The number of aliphatic imine (C=N–C) groups is 2. The number of sulfone groups is 1. The van der Waals surface area contributed by atoms with Crippen LogP contribution in [0.25, 0.3) is 0 Å². The lowest BCUT2D eigenvalue weighted by Gasteiger charge is -2.17.